The van der Waals surface area contributed by atoms with E-state index in [1.165, 1.54) is 6.08 Å². The van der Waals surface area contributed by atoms with Gasteiger partial charge in [-0.25, -0.2) is 13.2 Å². The van der Waals surface area contributed by atoms with Crippen molar-refractivity contribution in [3.63, 3.8) is 0 Å². The molecule has 0 saturated carbocycles. The third-order valence-corrected chi connectivity index (χ3v) is 4.04. The van der Waals surface area contributed by atoms with Crippen LogP contribution in [-0.4, -0.2) is 32.9 Å². The topological polar surface area (TPSA) is 69.7 Å². The molecule has 0 bridgehead atoms. The van der Waals surface area contributed by atoms with E-state index in [0.717, 1.165) is 5.41 Å². The highest BCUT2D eigenvalue weighted by Crippen LogP contribution is 2.23. The number of carbonyl (C=O) groups is 1. The molecule has 0 radical (unpaired) electrons. The van der Waals surface area contributed by atoms with E-state index in [-0.39, 0.29) is 12.4 Å². The molecule has 1 heterocycles. The molecule has 5 nitrogen and oxygen atoms in total. The molecule has 0 saturated heterocycles. The second kappa shape index (κ2) is 5.63. The average Bonchev–Trinajstić information content (AvgIpc) is 2.67. The molecule has 2 rings (SSSR count). The van der Waals surface area contributed by atoms with Gasteiger partial charge in [-0.1, -0.05) is 23.7 Å². The first-order valence-electron chi connectivity index (χ1n) is 5.44. The van der Waals surface area contributed by atoms with Crippen LogP contribution in [0.1, 0.15) is 0 Å². The van der Waals surface area contributed by atoms with Gasteiger partial charge in [0.1, 0.15) is 11.9 Å². The Balaban J connectivity index is 1.83. The lowest BCUT2D eigenvalue weighted by molar-refractivity contribution is -0.148. The molecule has 1 aromatic carbocycles. The van der Waals surface area contributed by atoms with Crippen LogP contribution < -0.4 is 4.74 Å². The summed E-state index contributed by atoms with van der Waals surface area (Å²) in [7, 11) is -3.23. The molecule has 1 atom stereocenters. The Morgan fingerprint density at radius 2 is 2.11 bits per heavy atom. The Morgan fingerprint density at radius 3 is 2.74 bits per heavy atom. The van der Waals surface area contributed by atoms with Gasteiger partial charge < -0.3 is 9.47 Å². The number of rotatable bonds is 4. The highest BCUT2D eigenvalue weighted by molar-refractivity contribution is 7.94. The number of hydrogen-bond donors (Lipinski definition) is 0. The van der Waals surface area contributed by atoms with Gasteiger partial charge in [-0.3, -0.25) is 0 Å². The Bertz CT molecular complexity index is 608. The number of hydrogen-bond acceptors (Lipinski definition) is 5. The summed E-state index contributed by atoms with van der Waals surface area (Å²) in [6.45, 7) is -0.325. The quantitative estimate of drug-likeness (QED) is 0.790. The largest absolute Gasteiger partial charge is 0.480 e. The lowest BCUT2D eigenvalue weighted by atomic mass is 10.3. The van der Waals surface area contributed by atoms with Gasteiger partial charge in [0, 0.05) is 5.41 Å². The molecule has 0 aliphatic carbocycles. The van der Waals surface area contributed by atoms with Gasteiger partial charge in [0.15, 0.2) is 16.4 Å². The summed E-state index contributed by atoms with van der Waals surface area (Å²) in [6, 6.07) is 6.71. The lowest BCUT2D eigenvalue weighted by Crippen LogP contribution is -2.23. The highest BCUT2D eigenvalue weighted by Gasteiger charge is 2.24. The van der Waals surface area contributed by atoms with Crippen molar-refractivity contribution in [3.8, 4) is 5.75 Å². The lowest BCUT2D eigenvalue weighted by Gasteiger charge is -2.10. The summed E-state index contributed by atoms with van der Waals surface area (Å²) in [5, 5.41) is 1.43. The van der Waals surface area contributed by atoms with Crippen molar-refractivity contribution in [2.24, 2.45) is 0 Å². The first-order chi connectivity index (χ1) is 8.96. The van der Waals surface area contributed by atoms with E-state index in [4.69, 9.17) is 21.1 Å². The van der Waals surface area contributed by atoms with Gasteiger partial charge in [-0.05, 0) is 18.2 Å². The SMILES string of the molecule is O=C(COc1ccccc1Cl)OC1C=CS(=O)(=O)C1. The van der Waals surface area contributed by atoms with Crippen LogP contribution in [0.4, 0.5) is 0 Å². The van der Waals surface area contributed by atoms with Gasteiger partial charge in [-0.15, -0.1) is 0 Å². The molecule has 1 aliphatic heterocycles. The van der Waals surface area contributed by atoms with Crippen LogP contribution in [0.3, 0.4) is 0 Å². The minimum absolute atomic E-state index is 0.217. The van der Waals surface area contributed by atoms with Crippen molar-refractivity contribution in [1.29, 1.82) is 0 Å². The number of carbonyl (C=O) groups excluding carboxylic acids is 1. The van der Waals surface area contributed by atoms with E-state index < -0.39 is 21.9 Å². The fourth-order valence-electron chi connectivity index (χ4n) is 1.52. The predicted octanol–water partition coefficient (Wildman–Crippen LogP) is 1.57. The molecular weight excluding hydrogens is 292 g/mol. The first-order valence-corrected chi connectivity index (χ1v) is 7.53. The monoisotopic (exact) mass is 302 g/mol. The molecule has 1 aromatic rings. The predicted molar refractivity (Wildman–Crippen MR) is 69.8 cm³/mol. The molecule has 0 N–H and O–H groups in total. The standard InChI is InChI=1S/C12H11ClO5S/c13-10-3-1-2-4-11(10)17-7-12(14)18-9-5-6-19(15,16)8-9/h1-6,9H,7-8H2. The summed E-state index contributed by atoms with van der Waals surface area (Å²) >= 11 is 5.85. The smallest absolute Gasteiger partial charge is 0.344 e. The van der Waals surface area contributed by atoms with Crippen molar-refractivity contribution < 1.29 is 22.7 Å². The number of ether oxygens (including phenoxy) is 2. The van der Waals surface area contributed by atoms with E-state index >= 15 is 0 Å². The molecule has 1 unspecified atom stereocenters. The molecule has 1 aliphatic rings. The molecule has 19 heavy (non-hydrogen) atoms. The number of esters is 1. The van der Waals surface area contributed by atoms with Gasteiger partial charge in [0.25, 0.3) is 0 Å². The molecule has 0 spiro atoms. The third-order valence-electron chi connectivity index (χ3n) is 2.36. The van der Waals surface area contributed by atoms with Crippen LogP contribution >= 0.6 is 11.6 Å². The van der Waals surface area contributed by atoms with Gasteiger partial charge in [0.2, 0.25) is 0 Å². The maximum atomic E-state index is 11.5. The molecule has 102 valence electrons. The van der Waals surface area contributed by atoms with E-state index in [0.29, 0.717) is 10.8 Å². The van der Waals surface area contributed by atoms with E-state index in [1.54, 1.807) is 24.3 Å². The van der Waals surface area contributed by atoms with Crippen molar-refractivity contribution in [3.05, 3.63) is 40.8 Å². The van der Waals surface area contributed by atoms with E-state index in [2.05, 4.69) is 0 Å². The Morgan fingerprint density at radius 1 is 1.37 bits per heavy atom. The van der Waals surface area contributed by atoms with Crippen LogP contribution in [0.5, 0.6) is 5.75 Å². The van der Waals surface area contributed by atoms with Crippen LogP contribution in [0, 0.1) is 0 Å². The average molecular weight is 303 g/mol. The number of benzene rings is 1. The summed E-state index contributed by atoms with van der Waals surface area (Å²) < 4.78 is 32.4. The normalized spacial score (nSPS) is 20.2. The van der Waals surface area contributed by atoms with Crippen LogP contribution in [-0.2, 0) is 19.4 Å². The van der Waals surface area contributed by atoms with E-state index in [1.807, 2.05) is 0 Å². The summed E-state index contributed by atoms with van der Waals surface area (Å²) in [4.78, 5) is 11.5. The Labute approximate surface area is 115 Å². The minimum atomic E-state index is -3.23. The van der Waals surface area contributed by atoms with Gasteiger partial charge in [0.05, 0.1) is 10.8 Å². The van der Waals surface area contributed by atoms with Crippen molar-refractivity contribution in [1.82, 2.24) is 0 Å². The zero-order valence-corrected chi connectivity index (χ0v) is 11.4. The second-order valence-electron chi connectivity index (χ2n) is 3.91. The molecule has 0 fully saturated rings. The Kier molecular flexibility index (Phi) is 4.11. The number of halogens is 1. The van der Waals surface area contributed by atoms with Crippen molar-refractivity contribution in [2.45, 2.75) is 6.10 Å². The van der Waals surface area contributed by atoms with Crippen molar-refractivity contribution in [2.75, 3.05) is 12.4 Å². The molecule has 0 aromatic heterocycles. The minimum Gasteiger partial charge on any atom is -0.480 e. The fraction of sp³-hybridized carbons (Fsp3) is 0.250. The zero-order chi connectivity index (χ0) is 13.9. The third kappa shape index (κ3) is 3.97. The second-order valence-corrected chi connectivity index (χ2v) is 6.24. The molecule has 7 heteroatoms. The zero-order valence-electron chi connectivity index (χ0n) is 9.78. The number of sulfone groups is 1. The Hall–Kier alpha value is -1.53. The summed E-state index contributed by atoms with van der Waals surface area (Å²) in [6.07, 6.45) is 0.593. The van der Waals surface area contributed by atoms with Crippen LogP contribution in [0.25, 0.3) is 0 Å². The fourth-order valence-corrected chi connectivity index (χ4v) is 2.88. The van der Waals surface area contributed by atoms with E-state index in [9.17, 15) is 13.2 Å². The maximum absolute atomic E-state index is 11.5. The van der Waals surface area contributed by atoms with Crippen LogP contribution in [0.15, 0.2) is 35.7 Å². The van der Waals surface area contributed by atoms with Crippen LogP contribution in [0.2, 0.25) is 5.02 Å². The summed E-state index contributed by atoms with van der Waals surface area (Å²) in [5.41, 5.74) is 0. The first kappa shape index (κ1) is 13.9. The summed E-state index contributed by atoms with van der Waals surface area (Å²) in [5.74, 6) is -0.493. The highest BCUT2D eigenvalue weighted by atomic mass is 35.5. The van der Waals surface area contributed by atoms with Crippen molar-refractivity contribution >= 4 is 27.4 Å². The molecular formula is C12H11ClO5S. The maximum Gasteiger partial charge on any atom is 0.344 e. The molecule has 0 amide bonds. The number of para-hydroxylation sites is 1. The van der Waals surface area contributed by atoms with Gasteiger partial charge in [-0.2, -0.15) is 0 Å². The van der Waals surface area contributed by atoms with Gasteiger partial charge >= 0.3 is 5.97 Å².